The lowest BCUT2D eigenvalue weighted by Crippen LogP contribution is -2.47. The molecule has 2 saturated heterocycles. The molecule has 0 amide bonds. The summed E-state index contributed by atoms with van der Waals surface area (Å²) in [6.07, 6.45) is 6.08. The summed E-state index contributed by atoms with van der Waals surface area (Å²) in [4.78, 5) is 15.5. The third-order valence-electron chi connectivity index (χ3n) is 5.41. The third-order valence-corrected chi connectivity index (χ3v) is 5.41. The average Bonchev–Trinajstić information content (AvgIpc) is 3.33. The number of aromatic nitrogens is 3. The van der Waals surface area contributed by atoms with Crippen LogP contribution in [0.4, 0.5) is 13.2 Å². The molecule has 2 aliphatic heterocycles. The van der Waals surface area contributed by atoms with Gasteiger partial charge >= 0.3 is 12.1 Å². The van der Waals surface area contributed by atoms with Gasteiger partial charge in [0.1, 0.15) is 0 Å². The van der Waals surface area contributed by atoms with Crippen molar-refractivity contribution in [1.82, 2.24) is 19.7 Å². The Morgan fingerprint density at radius 3 is 2.78 bits per heavy atom. The molecular weight excluding hydrogens is 429 g/mol. The Kier molecular flexibility index (Phi) is 7.86. The first kappa shape index (κ1) is 24.1. The summed E-state index contributed by atoms with van der Waals surface area (Å²) < 4.78 is 45.9. The first-order chi connectivity index (χ1) is 15.2. The second-order valence-electron chi connectivity index (χ2n) is 8.13. The molecule has 0 aromatic carbocycles. The molecule has 1 spiro atoms. The monoisotopic (exact) mass is 456 g/mol. The van der Waals surface area contributed by atoms with Gasteiger partial charge in [0.05, 0.1) is 31.1 Å². The smallest absolute Gasteiger partial charge is 0.475 e. The second kappa shape index (κ2) is 10.4. The maximum absolute atomic E-state index is 10.6. The molecule has 2 aromatic rings. The molecule has 0 bridgehead atoms. The fourth-order valence-corrected chi connectivity index (χ4v) is 4.03. The molecule has 0 aliphatic carbocycles. The first-order valence-corrected chi connectivity index (χ1v) is 10.3. The Hall–Kier alpha value is -2.50. The van der Waals surface area contributed by atoms with Gasteiger partial charge in [-0.2, -0.15) is 18.3 Å². The number of piperidine rings is 1. The number of aryl methyl sites for hydroxylation is 1. The molecule has 0 saturated carbocycles. The number of hydrogen-bond donors (Lipinski definition) is 1. The maximum Gasteiger partial charge on any atom is 0.490 e. The molecule has 2 aromatic heterocycles. The van der Waals surface area contributed by atoms with Gasteiger partial charge in [0.15, 0.2) is 0 Å². The van der Waals surface area contributed by atoms with Crippen LogP contribution in [-0.4, -0.2) is 68.3 Å². The van der Waals surface area contributed by atoms with Gasteiger partial charge < -0.3 is 14.6 Å². The Balaban J connectivity index is 0.000000360. The van der Waals surface area contributed by atoms with Gasteiger partial charge in [-0.15, -0.1) is 0 Å². The minimum absolute atomic E-state index is 0.0416. The number of nitrogens with zero attached hydrogens (tertiary/aromatic N) is 4. The molecule has 2 fully saturated rings. The largest absolute Gasteiger partial charge is 0.490 e. The Labute approximate surface area is 183 Å². The minimum Gasteiger partial charge on any atom is -0.475 e. The maximum atomic E-state index is 10.6. The van der Waals surface area contributed by atoms with Crippen LogP contribution in [0.1, 0.15) is 30.4 Å². The van der Waals surface area contributed by atoms with Crippen LogP contribution in [0.2, 0.25) is 0 Å². The molecule has 0 radical (unpaired) electrons. The Morgan fingerprint density at radius 1 is 1.38 bits per heavy atom. The van der Waals surface area contributed by atoms with E-state index in [-0.39, 0.29) is 11.7 Å². The van der Waals surface area contributed by atoms with Gasteiger partial charge in [0, 0.05) is 50.7 Å². The van der Waals surface area contributed by atoms with Crippen LogP contribution >= 0.6 is 0 Å². The van der Waals surface area contributed by atoms with Crippen LogP contribution < -0.4 is 0 Å². The van der Waals surface area contributed by atoms with Gasteiger partial charge in [-0.3, -0.25) is 14.6 Å². The number of likely N-dealkylation sites (tertiary alicyclic amines) is 1. The third kappa shape index (κ3) is 7.01. The zero-order valence-corrected chi connectivity index (χ0v) is 17.8. The predicted octanol–water partition coefficient (Wildman–Crippen LogP) is 2.79. The topological polar surface area (TPSA) is 89.7 Å². The summed E-state index contributed by atoms with van der Waals surface area (Å²) >= 11 is 0. The molecule has 4 rings (SSSR count). The second-order valence-corrected chi connectivity index (χ2v) is 8.13. The zero-order chi connectivity index (χ0) is 23.2. The van der Waals surface area contributed by atoms with Gasteiger partial charge in [-0.1, -0.05) is 6.07 Å². The lowest BCUT2D eigenvalue weighted by atomic mass is 9.89. The van der Waals surface area contributed by atoms with Crippen molar-refractivity contribution in [2.45, 2.75) is 50.3 Å². The van der Waals surface area contributed by atoms with Crippen molar-refractivity contribution in [3.63, 3.8) is 0 Å². The highest BCUT2D eigenvalue weighted by atomic mass is 19.4. The predicted molar refractivity (Wildman–Crippen MR) is 108 cm³/mol. The lowest BCUT2D eigenvalue weighted by molar-refractivity contribution is -0.192. The molecule has 8 nitrogen and oxygen atoms in total. The van der Waals surface area contributed by atoms with Crippen LogP contribution in [0.3, 0.4) is 0 Å². The highest BCUT2D eigenvalue weighted by molar-refractivity contribution is 5.73. The van der Waals surface area contributed by atoms with E-state index in [2.05, 4.69) is 27.2 Å². The highest BCUT2D eigenvalue weighted by Crippen LogP contribution is 2.36. The van der Waals surface area contributed by atoms with E-state index in [9.17, 15) is 13.2 Å². The summed E-state index contributed by atoms with van der Waals surface area (Å²) in [5.74, 6) is -2.76. The molecule has 11 heteroatoms. The molecule has 4 heterocycles. The zero-order valence-electron chi connectivity index (χ0n) is 17.8. The number of halogens is 3. The van der Waals surface area contributed by atoms with E-state index in [1.54, 1.807) is 6.20 Å². The summed E-state index contributed by atoms with van der Waals surface area (Å²) in [5.41, 5.74) is 2.34. The van der Waals surface area contributed by atoms with Gasteiger partial charge in [0.2, 0.25) is 0 Å². The Bertz CT molecular complexity index is 877. The van der Waals surface area contributed by atoms with Crippen molar-refractivity contribution >= 4 is 5.97 Å². The highest BCUT2D eigenvalue weighted by Gasteiger charge is 2.44. The number of carboxylic acid groups (broad SMARTS) is 1. The number of ether oxygens (including phenoxy) is 2. The molecule has 32 heavy (non-hydrogen) atoms. The summed E-state index contributed by atoms with van der Waals surface area (Å²) in [6.45, 7) is 4.36. The summed E-state index contributed by atoms with van der Waals surface area (Å²) in [6, 6.07) is 4.00. The van der Waals surface area contributed by atoms with Crippen LogP contribution in [0.5, 0.6) is 0 Å². The number of alkyl halides is 3. The number of pyridine rings is 1. The van der Waals surface area contributed by atoms with E-state index in [0.717, 1.165) is 38.0 Å². The van der Waals surface area contributed by atoms with Crippen molar-refractivity contribution < 1.29 is 32.5 Å². The fourth-order valence-electron chi connectivity index (χ4n) is 4.03. The van der Waals surface area contributed by atoms with Crippen LogP contribution in [-0.2, 0) is 34.5 Å². The number of rotatable bonds is 5. The summed E-state index contributed by atoms with van der Waals surface area (Å²) in [7, 11) is 1.96. The minimum atomic E-state index is -5.08. The van der Waals surface area contributed by atoms with Gasteiger partial charge in [-0.25, -0.2) is 4.79 Å². The molecule has 176 valence electrons. The molecule has 2 aliphatic rings. The van der Waals surface area contributed by atoms with E-state index in [1.165, 1.54) is 12.0 Å². The van der Waals surface area contributed by atoms with Gasteiger partial charge in [0.25, 0.3) is 0 Å². The number of carboxylic acids is 1. The van der Waals surface area contributed by atoms with Crippen molar-refractivity contribution in [2.24, 2.45) is 7.05 Å². The van der Waals surface area contributed by atoms with Gasteiger partial charge in [-0.05, 0) is 31.0 Å². The molecular formula is C21H27F3N4O4. The average molecular weight is 456 g/mol. The van der Waals surface area contributed by atoms with Crippen molar-refractivity contribution in [1.29, 1.82) is 0 Å². The number of aliphatic carboxylic acids is 1. The molecule has 1 N–H and O–H groups in total. The van der Waals surface area contributed by atoms with E-state index in [4.69, 9.17) is 19.4 Å². The summed E-state index contributed by atoms with van der Waals surface area (Å²) in [5, 5.41) is 11.4. The SMILES string of the molecule is Cn1cc(CN2CCCC3(CC(OCc4cccnc4)CO3)C2)cn1.O=C(O)C(F)(F)F. The van der Waals surface area contributed by atoms with E-state index in [0.29, 0.717) is 13.2 Å². The van der Waals surface area contributed by atoms with Crippen molar-refractivity contribution in [3.8, 4) is 0 Å². The quantitative estimate of drug-likeness (QED) is 0.740. The van der Waals surface area contributed by atoms with Crippen molar-refractivity contribution in [2.75, 3.05) is 19.7 Å². The number of hydrogen-bond acceptors (Lipinski definition) is 6. The number of carbonyl (C=O) groups is 1. The van der Waals surface area contributed by atoms with Crippen molar-refractivity contribution in [3.05, 3.63) is 48.0 Å². The fraction of sp³-hybridized carbons (Fsp3) is 0.571. The van der Waals surface area contributed by atoms with Crippen LogP contribution in [0.25, 0.3) is 0 Å². The molecule has 2 atom stereocenters. The first-order valence-electron chi connectivity index (χ1n) is 10.3. The van der Waals surface area contributed by atoms with E-state index < -0.39 is 12.1 Å². The standard InChI is InChI=1S/C19H26N4O2.C2HF3O2/c1-22-11-17(10-21-22)12-23-7-3-5-19(15-23)8-18(14-25-19)24-13-16-4-2-6-20-9-16;3-2(4,5)1(6)7/h2,4,6,9-11,18H,3,5,7-8,12-15H2,1H3;(H,6,7). The van der Waals surface area contributed by atoms with E-state index in [1.807, 2.05) is 30.2 Å². The van der Waals surface area contributed by atoms with Crippen LogP contribution in [0, 0.1) is 0 Å². The molecule has 2 unspecified atom stereocenters. The van der Waals surface area contributed by atoms with Crippen LogP contribution in [0.15, 0.2) is 36.9 Å². The normalized spacial score (nSPS) is 23.7. The lowest BCUT2D eigenvalue weighted by Gasteiger charge is -2.39. The Morgan fingerprint density at radius 2 is 2.16 bits per heavy atom. The van der Waals surface area contributed by atoms with E-state index >= 15 is 0 Å².